The molecule has 0 aromatic heterocycles. The molecule has 21 heavy (non-hydrogen) atoms. The van der Waals surface area contributed by atoms with Crippen LogP contribution in [0, 0.1) is 5.41 Å². The zero-order valence-electron chi connectivity index (χ0n) is 14.9. The molecule has 0 aliphatic heterocycles. The first kappa shape index (κ1) is 20.4. The Morgan fingerprint density at radius 3 is 1.81 bits per heavy atom. The Kier molecular flexibility index (Phi) is 11.7. The maximum absolute atomic E-state index is 11.8. The number of unbranched alkanes of at least 4 members (excludes halogenated alkanes) is 8. The normalized spacial score (nSPS) is 13.2. The van der Waals surface area contributed by atoms with Crippen LogP contribution in [0.4, 0.5) is 0 Å². The Morgan fingerprint density at radius 2 is 1.38 bits per heavy atom. The Balaban J connectivity index is 3.76. The second-order valence-electron chi connectivity index (χ2n) is 6.55. The molecule has 0 radical (unpaired) electrons. The van der Waals surface area contributed by atoms with Crippen molar-refractivity contribution in [3.63, 3.8) is 0 Å². The first-order chi connectivity index (χ1) is 10.0. The van der Waals surface area contributed by atoms with E-state index in [2.05, 4.69) is 6.92 Å². The van der Waals surface area contributed by atoms with E-state index in [0.717, 1.165) is 12.8 Å². The molecule has 0 heterocycles. The number of methoxy groups -OCH3 is 2. The molecular formula is C18H36O3. The summed E-state index contributed by atoms with van der Waals surface area (Å²) in [7, 11) is 3.12. The van der Waals surface area contributed by atoms with E-state index in [1.54, 1.807) is 7.11 Å². The summed E-state index contributed by atoms with van der Waals surface area (Å²) in [5, 5.41) is 0. The smallest absolute Gasteiger partial charge is 0.313 e. The number of carbonyl (C=O) groups is 1. The quantitative estimate of drug-likeness (QED) is 0.350. The second-order valence-corrected chi connectivity index (χ2v) is 6.55. The highest BCUT2D eigenvalue weighted by atomic mass is 16.5. The van der Waals surface area contributed by atoms with E-state index >= 15 is 0 Å². The van der Waals surface area contributed by atoms with Gasteiger partial charge in [0.15, 0.2) is 0 Å². The molecule has 0 N–H and O–H groups in total. The van der Waals surface area contributed by atoms with Gasteiger partial charge >= 0.3 is 5.97 Å². The van der Waals surface area contributed by atoms with Gasteiger partial charge in [-0.2, -0.15) is 0 Å². The van der Waals surface area contributed by atoms with Crippen LogP contribution < -0.4 is 0 Å². The molecule has 0 aromatic rings. The molecule has 0 fully saturated rings. The number of hydrogen-bond donors (Lipinski definition) is 0. The van der Waals surface area contributed by atoms with E-state index in [9.17, 15) is 4.79 Å². The van der Waals surface area contributed by atoms with Gasteiger partial charge in [0.05, 0.1) is 18.6 Å². The van der Waals surface area contributed by atoms with Crippen molar-refractivity contribution in [2.45, 2.75) is 91.1 Å². The topological polar surface area (TPSA) is 35.5 Å². The van der Waals surface area contributed by atoms with Crippen LogP contribution in [-0.4, -0.2) is 26.3 Å². The van der Waals surface area contributed by atoms with Crippen molar-refractivity contribution < 1.29 is 14.3 Å². The van der Waals surface area contributed by atoms with Crippen molar-refractivity contribution in [3.8, 4) is 0 Å². The van der Waals surface area contributed by atoms with Gasteiger partial charge < -0.3 is 9.47 Å². The summed E-state index contributed by atoms with van der Waals surface area (Å²) in [5.41, 5.74) is -0.566. The number of hydrogen-bond acceptors (Lipinski definition) is 3. The van der Waals surface area contributed by atoms with Crippen molar-refractivity contribution in [3.05, 3.63) is 0 Å². The minimum Gasteiger partial charge on any atom is -0.469 e. The zero-order valence-corrected chi connectivity index (χ0v) is 14.9. The van der Waals surface area contributed by atoms with Gasteiger partial charge in [-0.25, -0.2) is 0 Å². The number of rotatable bonds is 13. The first-order valence-electron chi connectivity index (χ1n) is 8.61. The summed E-state index contributed by atoms with van der Waals surface area (Å²) in [5.74, 6) is -0.190. The highest BCUT2D eigenvalue weighted by Crippen LogP contribution is 2.28. The van der Waals surface area contributed by atoms with Gasteiger partial charge in [-0.3, -0.25) is 4.79 Å². The average molecular weight is 300 g/mol. The van der Waals surface area contributed by atoms with E-state index in [1.807, 2.05) is 13.8 Å². The van der Waals surface area contributed by atoms with Gasteiger partial charge in [0.25, 0.3) is 0 Å². The summed E-state index contributed by atoms with van der Waals surface area (Å²) in [4.78, 5) is 11.8. The monoisotopic (exact) mass is 300 g/mol. The van der Waals surface area contributed by atoms with Gasteiger partial charge in [-0.1, -0.05) is 64.7 Å². The lowest BCUT2D eigenvalue weighted by atomic mass is 9.83. The molecule has 0 amide bonds. The number of esters is 1. The van der Waals surface area contributed by atoms with E-state index in [1.165, 1.54) is 58.5 Å². The average Bonchev–Trinajstić information content (AvgIpc) is 2.48. The fourth-order valence-electron chi connectivity index (χ4n) is 2.81. The van der Waals surface area contributed by atoms with Crippen LogP contribution in [-0.2, 0) is 14.3 Å². The predicted molar refractivity (Wildman–Crippen MR) is 88.4 cm³/mol. The molecule has 0 spiro atoms. The molecule has 0 aliphatic carbocycles. The third-order valence-corrected chi connectivity index (χ3v) is 4.37. The predicted octanol–water partition coefficient (Wildman–Crippen LogP) is 5.12. The summed E-state index contributed by atoms with van der Waals surface area (Å²) < 4.78 is 10.4. The van der Waals surface area contributed by atoms with Gasteiger partial charge in [0, 0.05) is 7.11 Å². The Hall–Kier alpha value is -0.570. The van der Waals surface area contributed by atoms with Crippen LogP contribution in [0.1, 0.15) is 85.0 Å². The minimum absolute atomic E-state index is 0.0606. The molecule has 3 heteroatoms. The molecule has 0 aromatic carbocycles. The van der Waals surface area contributed by atoms with Gasteiger partial charge in [-0.15, -0.1) is 0 Å². The Labute approximate surface area is 131 Å². The first-order valence-corrected chi connectivity index (χ1v) is 8.61. The minimum atomic E-state index is -0.566. The Morgan fingerprint density at radius 1 is 0.905 bits per heavy atom. The molecule has 0 aliphatic rings. The standard InChI is InChI=1S/C18H36O3/c1-6-7-8-9-10-11-12-13-14-15-16(20-4)18(2,3)17(19)21-5/h16H,6-15H2,1-5H3. The third-order valence-electron chi connectivity index (χ3n) is 4.37. The van der Waals surface area contributed by atoms with Crippen LogP contribution >= 0.6 is 0 Å². The van der Waals surface area contributed by atoms with Crippen LogP contribution in [0.2, 0.25) is 0 Å². The van der Waals surface area contributed by atoms with Crippen molar-refractivity contribution >= 4 is 5.97 Å². The molecule has 3 nitrogen and oxygen atoms in total. The molecule has 0 saturated heterocycles. The maximum atomic E-state index is 11.8. The zero-order chi connectivity index (χ0) is 16.1. The summed E-state index contributed by atoms with van der Waals surface area (Å²) in [6.07, 6.45) is 12.7. The molecule has 1 atom stereocenters. The third kappa shape index (κ3) is 8.45. The lowest BCUT2D eigenvalue weighted by Crippen LogP contribution is -2.39. The number of ether oxygens (including phenoxy) is 2. The van der Waals surface area contributed by atoms with Crippen LogP contribution in [0.15, 0.2) is 0 Å². The molecule has 0 rings (SSSR count). The van der Waals surface area contributed by atoms with Gasteiger partial charge in [0.2, 0.25) is 0 Å². The summed E-state index contributed by atoms with van der Waals surface area (Å²) >= 11 is 0. The SMILES string of the molecule is CCCCCCCCCCCC(OC)C(C)(C)C(=O)OC. The van der Waals surface area contributed by atoms with Crippen molar-refractivity contribution in [1.29, 1.82) is 0 Å². The lowest BCUT2D eigenvalue weighted by molar-refractivity contribution is -0.159. The molecule has 0 saturated carbocycles. The maximum Gasteiger partial charge on any atom is 0.313 e. The Bertz CT molecular complexity index is 261. The second kappa shape index (κ2) is 12.0. The van der Waals surface area contributed by atoms with E-state index < -0.39 is 5.41 Å². The van der Waals surface area contributed by atoms with Crippen molar-refractivity contribution in [1.82, 2.24) is 0 Å². The van der Waals surface area contributed by atoms with E-state index in [-0.39, 0.29) is 12.1 Å². The molecule has 1 unspecified atom stereocenters. The molecular weight excluding hydrogens is 264 g/mol. The number of carbonyl (C=O) groups excluding carboxylic acids is 1. The van der Waals surface area contributed by atoms with Gasteiger partial charge in [-0.05, 0) is 20.3 Å². The fourth-order valence-corrected chi connectivity index (χ4v) is 2.81. The molecule has 126 valence electrons. The highest BCUT2D eigenvalue weighted by Gasteiger charge is 2.37. The van der Waals surface area contributed by atoms with Crippen molar-refractivity contribution in [2.24, 2.45) is 5.41 Å². The summed E-state index contributed by atoms with van der Waals surface area (Å²) in [6, 6.07) is 0. The fraction of sp³-hybridized carbons (Fsp3) is 0.944. The largest absolute Gasteiger partial charge is 0.469 e. The van der Waals surface area contributed by atoms with Crippen LogP contribution in [0.3, 0.4) is 0 Å². The van der Waals surface area contributed by atoms with Crippen LogP contribution in [0.25, 0.3) is 0 Å². The van der Waals surface area contributed by atoms with Gasteiger partial charge in [0.1, 0.15) is 0 Å². The van der Waals surface area contributed by atoms with E-state index in [0.29, 0.717) is 0 Å². The van der Waals surface area contributed by atoms with Crippen LogP contribution in [0.5, 0.6) is 0 Å². The van der Waals surface area contributed by atoms with Crippen molar-refractivity contribution in [2.75, 3.05) is 14.2 Å². The lowest BCUT2D eigenvalue weighted by Gasteiger charge is -2.30. The van der Waals surface area contributed by atoms with E-state index in [4.69, 9.17) is 9.47 Å². The highest BCUT2D eigenvalue weighted by molar-refractivity contribution is 5.76. The summed E-state index contributed by atoms with van der Waals surface area (Å²) in [6.45, 7) is 6.06. The molecule has 0 bridgehead atoms.